The van der Waals surface area contributed by atoms with Gasteiger partial charge in [0.1, 0.15) is 5.69 Å². The summed E-state index contributed by atoms with van der Waals surface area (Å²) in [6.45, 7) is 0. The molecule has 0 unspecified atom stereocenters. The van der Waals surface area contributed by atoms with Gasteiger partial charge in [0.2, 0.25) is 0 Å². The monoisotopic (exact) mass is 165 g/mol. The number of rotatable bonds is 1. The molecule has 2 aromatic rings. The molecule has 0 aliphatic rings. The molecule has 5 heteroatoms. The molecule has 2 aromatic heterocycles. The minimum atomic E-state index is -0.388. The highest BCUT2D eigenvalue weighted by atomic mass is 16.5. The van der Waals surface area contributed by atoms with E-state index in [0.29, 0.717) is 11.3 Å². The number of nitrogens with one attached hydrogen (secondary N) is 1. The van der Waals surface area contributed by atoms with Crippen molar-refractivity contribution in [1.82, 2.24) is 14.6 Å². The van der Waals surface area contributed by atoms with Crippen LogP contribution in [0.4, 0.5) is 0 Å². The summed E-state index contributed by atoms with van der Waals surface area (Å²) in [6, 6.07) is 1.63. The Kier molecular flexibility index (Phi) is 1.36. The highest BCUT2D eigenvalue weighted by Gasteiger charge is 2.08. The first kappa shape index (κ1) is 6.90. The summed E-state index contributed by atoms with van der Waals surface area (Å²) in [5.41, 5.74) is 1.11. The number of H-pyrrole nitrogens is 1. The van der Waals surface area contributed by atoms with E-state index in [4.69, 9.17) is 0 Å². The third-order valence-electron chi connectivity index (χ3n) is 1.59. The molecule has 0 aliphatic heterocycles. The molecule has 0 aliphatic carbocycles. The lowest BCUT2D eigenvalue weighted by Crippen LogP contribution is -2.01. The van der Waals surface area contributed by atoms with Gasteiger partial charge in [-0.3, -0.25) is 5.10 Å². The topological polar surface area (TPSA) is 59.4 Å². The number of aromatic nitrogens is 3. The van der Waals surface area contributed by atoms with Crippen LogP contribution in [0.1, 0.15) is 10.5 Å². The molecule has 0 amide bonds. The van der Waals surface area contributed by atoms with Gasteiger partial charge in [0, 0.05) is 18.5 Å². The quantitative estimate of drug-likeness (QED) is 0.624. The normalized spacial score (nSPS) is 10.4. The molecule has 62 valence electrons. The number of methoxy groups -OCH3 is 1. The highest BCUT2D eigenvalue weighted by molar-refractivity contribution is 5.88. The molecule has 0 saturated carbocycles. The van der Waals surface area contributed by atoms with Gasteiger partial charge in [-0.2, -0.15) is 0 Å². The van der Waals surface area contributed by atoms with Crippen molar-refractivity contribution in [2.75, 3.05) is 7.11 Å². The number of nitrogens with zero attached hydrogens (tertiary/aromatic N) is 2. The molecule has 1 N–H and O–H groups in total. The fraction of sp³-hybridized carbons (Fsp3) is 0.143. The van der Waals surface area contributed by atoms with E-state index in [9.17, 15) is 4.79 Å². The molecule has 0 fully saturated rings. The Morgan fingerprint density at radius 3 is 3.25 bits per heavy atom. The van der Waals surface area contributed by atoms with Crippen molar-refractivity contribution < 1.29 is 9.53 Å². The van der Waals surface area contributed by atoms with Gasteiger partial charge in [-0.05, 0) is 0 Å². The van der Waals surface area contributed by atoms with Crippen molar-refractivity contribution in [1.29, 1.82) is 0 Å². The fourth-order valence-electron chi connectivity index (χ4n) is 1.02. The summed E-state index contributed by atoms with van der Waals surface area (Å²) in [6.07, 6.45) is 3.37. The molecular formula is C7H7N3O2. The van der Waals surface area contributed by atoms with E-state index in [-0.39, 0.29) is 5.97 Å². The number of aromatic amines is 1. The van der Waals surface area contributed by atoms with Crippen LogP contribution in [0.5, 0.6) is 0 Å². The van der Waals surface area contributed by atoms with Gasteiger partial charge in [0.25, 0.3) is 0 Å². The van der Waals surface area contributed by atoms with Crippen LogP contribution in [0.3, 0.4) is 0 Å². The van der Waals surface area contributed by atoms with E-state index < -0.39 is 0 Å². The molecule has 0 spiro atoms. The smallest absolute Gasteiger partial charge is 0.356 e. The van der Waals surface area contributed by atoms with Crippen molar-refractivity contribution in [2.24, 2.45) is 0 Å². The van der Waals surface area contributed by atoms with E-state index in [1.165, 1.54) is 7.11 Å². The summed E-state index contributed by atoms with van der Waals surface area (Å²) in [5.74, 6) is -0.388. The first-order valence-corrected chi connectivity index (χ1v) is 3.41. The average Bonchev–Trinajstić information content (AvgIpc) is 2.60. The zero-order chi connectivity index (χ0) is 8.55. The summed E-state index contributed by atoms with van der Waals surface area (Å²) in [7, 11) is 1.34. The number of hydrogen-bond donors (Lipinski definition) is 1. The predicted molar refractivity (Wildman–Crippen MR) is 40.9 cm³/mol. The molecule has 0 bridgehead atoms. The molecule has 0 aromatic carbocycles. The number of esters is 1. The minimum absolute atomic E-state index is 0.388. The zero-order valence-corrected chi connectivity index (χ0v) is 6.44. The van der Waals surface area contributed by atoms with Crippen molar-refractivity contribution in [3.05, 3.63) is 24.2 Å². The standard InChI is InChI=1S/C7H7N3O2/c1-12-7(11)5-4-6-8-2-3-10(6)9-5/h2-4,9H,1H3. The molecular weight excluding hydrogens is 158 g/mol. The van der Waals surface area contributed by atoms with Crippen molar-refractivity contribution in [3.8, 4) is 0 Å². The SMILES string of the molecule is COC(=O)c1cc2nccn2[nH]1. The fourth-order valence-corrected chi connectivity index (χ4v) is 1.02. The molecule has 0 atom stereocenters. The van der Waals surface area contributed by atoms with Crippen molar-refractivity contribution >= 4 is 11.6 Å². The first-order valence-electron chi connectivity index (χ1n) is 3.41. The number of fused-ring (bicyclic) bond motifs is 1. The van der Waals surface area contributed by atoms with Crippen LogP contribution >= 0.6 is 0 Å². The summed E-state index contributed by atoms with van der Waals surface area (Å²) in [4.78, 5) is 15.0. The minimum Gasteiger partial charge on any atom is -0.464 e. The van der Waals surface area contributed by atoms with Crippen LogP contribution in [0.2, 0.25) is 0 Å². The Hall–Kier alpha value is -1.78. The Bertz CT molecular complexity index is 386. The summed E-state index contributed by atoms with van der Waals surface area (Å²) >= 11 is 0. The van der Waals surface area contributed by atoms with Crippen molar-refractivity contribution in [3.63, 3.8) is 0 Å². The van der Waals surface area contributed by atoms with Gasteiger partial charge in [-0.25, -0.2) is 14.3 Å². The zero-order valence-electron chi connectivity index (χ0n) is 6.44. The Balaban J connectivity index is 2.51. The van der Waals surface area contributed by atoms with Gasteiger partial charge in [0.05, 0.1) is 7.11 Å². The number of carbonyl (C=O) groups is 1. The van der Waals surface area contributed by atoms with Gasteiger partial charge >= 0.3 is 5.97 Å². The van der Waals surface area contributed by atoms with E-state index in [2.05, 4.69) is 14.8 Å². The van der Waals surface area contributed by atoms with Crippen LogP contribution in [-0.4, -0.2) is 27.7 Å². The maximum Gasteiger partial charge on any atom is 0.356 e. The maximum atomic E-state index is 11.0. The number of imidazole rings is 1. The van der Waals surface area contributed by atoms with Gasteiger partial charge < -0.3 is 4.74 Å². The summed E-state index contributed by atoms with van der Waals surface area (Å²) < 4.78 is 6.17. The van der Waals surface area contributed by atoms with Gasteiger partial charge in [-0.1, -0.05) is 0 Å². The van der Waals surface area contributed by atoms with E-state index in [1.807, 2.05) is 0 Å². The predicted octanol–water partition coefficient (Wildman–Crippen LogP) is 0.449. The van der Waals surface area contributed by atoms with Crippen molar-refractivity contribution in [2.45, 2.75) is 0 Å². The number of ether oxygens (including phenoxy) is 1. The largest absolute Gasteiger partial charge is 0.464 e. The van der Waals surface area contributed by atoms with Crippen LogP contribution in [0, 0.1) is 0 Å². The van der Waals surface area contributed by atoms with Crippen LogP contribution in [-0.2, 0) is 4.74 Å². The lowest BCUT2D eigenvalue weighted by Gasteiger charge is -1.91. The van der Waals surface area contributed by atoms with E-state index >= 15 is 0 Å². The third kappa shape index (κ3) is 0.868. The highest BCUT2D eigenvalue weighted by Crippen LogP contribution is 2.03. The van der Waals surface area contributed by atoms with Crippen LogP contribution in [0.25, 0.3) is 5.65 Å². The molecule has 2 heterocycles. The first-order chi connectivity index (χ1) is 5.81. The molecule has 0 radical (unpaired) electrons. The number of carbonyl (C=O) groups excluding carboxylic acids is 1. The average molecular weight is 165 g/mol. The molecule has 0 saturated heterocycles. The van der Waals surface area contributed by atoms with Gasteiger partial charge in [-0.15, -0.1) is 0 Å². The molecule has 12 heavy (non-hydrogen) atoms. The van der Waals surface area contributed by atoms with Gasteiger partial charge in [0.15, 0.2) is 5.65 Å². The number of hydrogen-bond acceptors (Lipinski definition) is 3. The second kappa shape index (κ2) is 2.37. The second-order valence-corrected chi connectivity index (χ2v) is 2.32. The third-order valence-corrected chi connectivity index (χ3v) is 1.59. The Labute approximate surface area is 68.0 Å². The Morgan fingerprint density at radius 2 is 2.58 bits per heavy atom. The molecule has 5 nitrogen and oxygen atoms in total. The maximum absolute atomic E-state index is 11.0. The Morgan fingerprint density at radius 1 is 1.75 bits per heavy atom. The van der Waals surface area contributed by atoms with E-state index in [0.717, 1.165) is 0 Å². The lowest BCUT2D eigenvalue weighted by molar-refractivity contribution is 0.0593. The molecule has 2 rings (SSSR count). The second-order valence-electron chi connectivity index (χ2n) is 2.32. The van der Waals surface area contributed by atoms with Crippen LogP contribution in [0.15, 0.2) is 18.5 Å². The lowest BCUT2D eigenvalue weighted by atomic mass is 10.4. The van der Waals surface area contributed by atoms with E-state index in [1.54, 1.807) is 23.0 Å². The van der Waals surface area contributed by atoms with Crippen LogP contribution < -0.4 is 0 Å². The summed E-state index contributed by atoms with van der Waals surface area (Å²) in [5, 5.41) is 2.81.